The quantitative estimate of drug-likeness (QED) is 0.772. The van der Waals surface area contributed by atoms with Gasteiger partial charge in [-0.15, -0.1) is 0 Å². The van der Waals surface area contributed by atoms with E-state index in [0.717, 1.165) is 5.56 Å². The lowest BCUT2D eigenvalue weighted by Crippen LogP contribution is -2.20. The standard InChI is InChI=1S/C9H12F2N2O/c10-9(11)14-7-3-1-6(2-4-7)8(13)5-12/h1-4,8-9H,5,12-13H2/t8-/m1/s1. The van der Waals surface area contributed by atoms with E-state index < -0.39 is 6.61 Å². The minimum Gasteiger partial charge on any atom is -0.435 e. The van der Waals surface area contributed by atoms with Gasteiger partial charge in [0, 0.05) is 12.6 Å². The number of nitrogens with two attached hydrogens (primary N) is 2. The maximum absolute atomic E-state index is 11.8. The molecule has 1 aromatic rings. The van der Waals surface area contributed by atoms with E-state index >= 15 is 0 Å². The second kappa shape index (κ2) is 4.88. The predicted molar refractivity (Wildman–Crippen MR) is 49.1 cm³/mol. The molecule has 14 heavy (non-hydrogen) atoms. The fraction of sp³-hybridized carbons (Fsp3) is 0.333. The highest BCUT2D eigenvalue weighted by atomic mass is 19.3. The third-order valence-corrected chi connectivity index (χ3v) is 1.79. The van der Waals surface area contributed by atoms with E-state index in [0.29, 0.717) is 6.54 Å². The lowest BCUT2D eigenvalue weighted by molar-refractivity contribution is -0.0498. The Morgan fingerprint density at radius 2 is 1.79 bits per heavy atom. The fourth-order valence-corrected chi connectivity index (χ4v) is 1.03. The molecule has 0 aliphatic rings. The summed E-state index contributed by atoms with van der Waals surface area (Å²) >= 11 is 0. The van der Waals surface area contributed by atoms with Gasteiger partial charge in [-0.25, -0.2) is 0 Å². The molecule has 0 aliphatic heterocycles. The van der Waals surface area contributed by atoms with Crippen LogP contribution in [0.5, 0.6) is 5.75 Å². The van der Waals surface area contributed by atoms with Crippen molar-refractivity contribution in [3.05, 3.63) is 29.8 Å². The first-order chi connectivity index (χ1) is 6.63. The van der Waals surface area contributed by atoms with E-state index in [2.05, 4.69) is 4.74 Å². The Balaban J connectivity index is 2.68. The molecule has 0 radical (unpaired) electrons. The van der Waals surface area contributed by atoms with E-state index in [-0.39, 0.29) is 11.8 Å². The van der Waals surface area contributed by atoms with Crippen LogP contribution in [-0.4, -0.2) is 13.2 Å². The molecule has 0 saturated heterocycles. The monoisotopic (exact) mass is 202 g/mol. The summed E-state index contributed by atoms with van der Waals surface area (Å²) in [7, 11) is 0. The van der Waals surface area contributed by atoms with Crippen LogP contribution >= 0.6 is 0 Å². The van der Waals surface area contributed by atoms with Crippen molar-refractivity contribution in [2.45, 2.75) is 12.7 Å². The molecule has 0 saturated carbocycles. The van der Waals surface area contributed by atoms with E-state index in [1.807, 2.05) is 0 Å². The zero-order valence-electron chi connectivity index (χ0n) is 7.49. The molecule has 0 aliphatic carbocycles. The summed E-state index contributed by atoms with van der Waals surface area (Å²) in [6.45, 7) is -2.49. The van der Waals surface area contributed by atoms with Crippen molar-refractivity contribution < 1.29 is 13.5 Å². The summed E-state index contributed by atoms with van der Waals surface area (Å²) in [5.41, 5.74) is 11.8. The van der Waals surface area contributed by atoms with Crippen molar-refractivity contribution in [1.82, 2.24) is 0 Å². The van der Waals surface area contributed by atoms with Crippen LogP contribution in [-0.2, 0) is 0 Å². The van der Waals surface area contributed by atoms with Crippen LogP contribution in [0.2, 0.25) is 0 Å². The molecular formula is C9H12F2N2O. The normalized spacial score (nSPS) is 12.9. The summed E-state index contributed by atoms with van der Waals surface area (Å²) < 4.78 is 27.7. The van der Waals surface area contributed by atoms with Gasteiger partial charge in [0.05, 0.1) is 0 Å². The van der Waals surface area contributed by atoms with E-state index in [1.54, 1.807) is 12.1 Å². The van der Waals surface area contributed by atoms with Gasteiger partial charge in [0.25, 0.3) is 0 Å². The number of benzene rings is 1. The Kier molecular flexibility index (Phi) is 3.79. The van der Waals surface area contributed by atoms with Gasteiger partial charge in [-0.2, -0.15) is 8.78 Å². The van der Waals surface area contributed by atoms with Crippen molar-refractivity contribution in [2.75, 3.05) is 6.54 Å². The first kappa shape index (κ1) is 10.9. The molecule has 0 unspecified atom stereocenters. The zero-order valence-corrected chi connectivity index (χ0v) is 7.49. The Bertz CT molecular complexity index is 277. The molecule has 0 spiro atoms. The van der Waals surface area contributed by atoms with Gasteiger partial charge in [0.1, 0.15) is 5.75 Å². The number of alkyl halides is 2. The van der Waals surface area contributed by atoms with Crippen LogP contribution < -0.4 is 16.2 Å². The lowest BCUT2D eigenvalue weighted by Gasteiger charge is -2.10. The van der Waals surface area contributed by atoms with Gasteiger partial charge in [-0.1, -0.05) is 12.1 Å². The molecule has 1 rings (SSSR count). The molecular weight excluding hydrogens is 190 g/mol. The molecule has 0 amide bonds. The summed E-state index contributed by atoms with van der Waals surface area (Å²) in [4.78, 5) is 0. The number of halogens is 2. The average molecular weight is 202 g/mol. The van der Waals surface area contributed by atoms with Crippen LogP contribution in [0.1, 0.15) is 11.6 Å². The second-order valence-corrected chi connectivity index (χ2v) is 2.79. The highest BCUT2D eigenvalue weighted by Gasteiger charge is 2.06. The third kappa shape index (κ3) is 2.93. The summed E-state index contributed by atoms with van der Waals surface area (Å²) in [5.74, 6) is 0.118. The van der Waals surface area contributed by atoms with Crippen LogP contribution in [0.4, 0.5) is 8.78 Å². The number of hydrogen-bond donors (Lipinski definition) is 2. The van der Waals surface area contributed by atoms with Crippen molar-refractivity contribution in [3.8, 4) is 5.75 Å². The number of rotatable bonds is 4. The van der Waals surface area contributed by atoms with Crippen LogP contribution in [0.25, 0.3) is 0 Å². The van der Waals surface area contributed by atoms with Gasteiger partial charge >= 0.3 is 6.61 Å². The average Bonchev–Trinajstić information content (AvgIpc) is 2.17. The highest BCUT2D eigenvalue weighted by molar-refractivity contribution is 5.29. The smallest absolute Gasteiger partial charge is 0.387 e. The molecule has 5 heteroatoms. The summed E-state index contributed by atoms with van der Waals surface area (Å²) in [5, 5.41) is 0. The predicted octanol–water partition coefficient (Wildman–Crippen LogP) is 1.25. The number of ether oxygens (including phenoxy) is 1. The van der Waals surface area contributed by atoms with Gasteiger partial charge < -0.3 is 16.2 Å². The SMILES string of the molecule is NC[C@@H](N)c1ccc(OC(F)F)cc1. The molecule has 1 aromatic carbocycles. The Morgan fingerprint density at radius 1 is 1.21 bits per heavy atom. The lowest BCUT2D eigenvalue weighted by atomic mass is 10.1. The van der Waals surface area contributed by atoms with Gasteiger partial charge in [-0.05, 0) is 17.7 Å². The summed E-state index contributed by atoms with van der Waals surface area (Å²) in [6.07, 6.45) is 0. The first-order valence-corrected chi connectivity index (χ1v) is 4.14. The van der Waals surface area contributed by atoms with Crippen LogP contribution in [0, 0.1) is 0 Å². The van der Waals surface area contributed by atoms with Crippen molar-refractivity contribution in [1.29, 1.82) is 0 Å². The summed E-state index contributed by atoms with van der Waals surface area (Å²) in [6, 6.07) is 5.86. The van der Waals surface area contributed by atoms with Crippen molar-refractivity contribution in [3.63, 3.8) is 0 Å². The van der Waals surface area contributed by atoms with Gasteiger partial charge in [-0.3, -0.25) is 0 Å². The molecule has 4 N–H and O–H groups in total. The van der Waals surface area contributed by atoms with Gasteiger partial charge in [0.2, 0.25) is 0 Å². The minimum atomic E-state index is -2.80. The maximum Gasteiger partial charge on any atom is 0.387 e. The largest absolute Gasteiger partial charge is 0.435 e. The Hall–Kier alpha value is -1.20. The second-order valence-electron chi connectivity index (χ2n) is 2.79. The van der Waals surface area contributed by atoms with E-state index in [4.69, 9.17) is 11.5 Å². The minimum absolute atomic E-state index is 0.118. The molecule has 0 bridgehead atoms. The molecule has 78 valence electrons. The van der Waals surface area contributed by atoms with E-state index in [9.17, 15) is 8.78 Å². The highest BCUT2D eigenvalue weighted by Crippen LogP contribution is 2.17. The molecule has 3 nitrogen and oxygen atoms in total. The third-order valence-electron chi connectivity index (χ3n) is 1.79. The Labute approximate surface area is 80.7 Å². The van der Waals surface area contributed by atoms with Gasteiger partial charge in [0.15, 0.2) is 0 Å². The van der Waals surface area contributed by atoms with Crippen molar-refractivity contribution in [2.24, 2.45) is 11.5 Å². The molecule has 0 heterocycles. The Morgan fingerprint density at radius 3 is 2.21 bits per heavy atom. The first-order valence-electron chi connectivity index (χ1n) is 4.14. The van der Waals surface area contributed by atoms with Crippen molar-refractivity contribution >= 4 is 0 Å². The molecule has 0 aromatic heterocycles. The molecule has 0 fully saturated rings. The topological polar surface area (TPSA) is 61.3 Å². The number of hydrogen-bond acceptors (Lipinski definition) is 3. The van der Waals surface area contributed by atoms with Crippen LogP contribution in [0.3, 0.4) is 0 Å². The van der Waals surface area contributed by atoms with Crippen LogP contribution in [0.15, 0.2) is 24.3 Å². The maximum atomic E-state index is 11.8. The molecule has 1 atom stereocenters. The fourth-order valence-electron chi connectivity index (χ4n) is 1.03. The zero-order chi connectivity index (χ0) is 10.6. The van der Waals surface area contributed by atoms with E-state index in [1.165, 1.54) is 12.1 Å².